The van der Waals surface area contributed by atoms with E-state index in [1.165, 1.54) is 0 Å². The summed E-state index contributed by atoms with van der Waals surface area (Å²) in [7, 11) is 6.68. The van der Waals surface area contributed by atoms with Crippen LogP contribution < -0.4 is 4.74 Å². The molecule has 9 heteroatoms. The lowest BCUT2D eigenvalue weighted by molar-refractivity contribution is -0.128. The van der Waals surface area contributed by atoms with Crippen LogP contribution in [0, 0.1) is 0 Å². The van der Waals surface area contributed by atoms with Crippen LogP contribution in [0.25, 0.3) is 33.4 Å². The maximum Gasteiger partial charge on any atom is 0.228 e. The van der Waals surface area contributed by atoms with E-state index in [9.17, 15) is 4.79 Å². The van der Waals surface area contributed by atoms with Crippen molar-refractivity contribution < 1.29 is 9.53 Å². The highest BCUT2D eigenvalue weighted by Gasteiger charge is 2.17. The van der Waals surface area contributed by atoms with Gasteiger partial charge in [0.05, 0.1) is 31.1 Å². The van der Waals surface area contributed by atoms with E-state index in [4.69, 9.17) is 9.72 Å². The Hall–Kier alpha value is -2.66. The number of hydrogen-bond acceptors (Lipinski definition) is 6. The number of fused-ring (bicyclic) bond motifs is 1. The fourth-order valence-corrected chi connectivity index (χ4v) is 4.55. The zero-order chi connectivity index (χ0) is 22.0. The molecule has 0 fully saturated rings. The fourth-order valence-electron chi connectivity index (χ4n) is 3.30. The van der Waals surface area contributed by atoms with Gasteiger partial charge in [0.25, 0.3) is 0 Å². The number of amides is 1. The summed E-state index contributed by atoms with van der Waals surface area (Å²) in [5.41, 5.74) is 5.02. The number of ether oxygens (including phenoxy) is 1. The quantitative estimate of drug-likeness (QED) is 0.329. The first kappa shape index (κ1) is 21.6. The molecule has 7 nitrogen and oxygen atoms in total. The third-order valence-corrected chi connectivity index (χ3v) is 6.59. The molecular weight excluding hydrogens is 525 g/mol. The van der Waals surface area contributed by atoms with Crippen LogP contribution in [-0.4, -0.2) is 50.9 Å². The molecule has 4 rings (SSSR count). The second-order valence-corrected chi connectivity index (χ2v) is 8.81. The number of rotatable bonds is 6. The van der Waals surface area contributed by atoms with Gasteiger partial charge in [0.1, 0.15) is 5.75 Å². The van der Waals surface area contributed by atoms with E-state index >= 15 is 0 Å². The molecule has 0 aliphatic carbocycles. The van der Waals surface area contributed by atoms with E-state index in [0.29, 0.717) is 11.4 Å². The minimum absolute atomic E-state index is 0.0189. The van der Waals surface area contributed by atoms with E-state index < -0.39 is 0 Å². The number of methoxy groups -OCH3 is 1. The summed E-state index contributed by atoms with van der Waals surface area (Å²) < 4.78 is 7.61. The standard InChI is InChI=1S/C22H20IN5O2S/c1-27(2)21(29)9-15-11-24-12-19(26-15)14-8-17-18(13-28(31-23)22(17)25-10-14)16-6-4-5-7-20(16)30-3/h4-8,10-13H,9H2,1-3H3. The van der Waals surface area contributed by atoms with Gasteiger partial charge in [0.2, 0.25) is 5.91 Å². The molecule has 1 aromatic carbocycles. The molecule has 158 valence electrons. The smallest absolute Gasteiger partial charge is 0.228 e. The molecule has 0 unspecified atom stereocenters. The summed E-state index contributed by atoms with van der Waals surface area (Å²) >= 11 is 2.24. The molecule has 0 atom stereocenters. The maximum atomic E-state index is 12.1. The van der Waals surface area contributed by atoms with Crippen molar-refractivity contribution in [2.75, 3.05) is 21.2 Å². The summed E-state index contributed by atoms with van der Waals surface area (Å²) in [6, 6.07) is 10.00. The van der Waals surface area contributed by atoms with Crippen molar-refractivity contribution in [3.05, 3.63) is 60.8 Å². The van der Waals surface area contributed by atoms with Crippen LogP contribution >= 0.6 is 30.3 Å². The molecule has 31 heavy (non-hydrogen) atoms. The first-order chi connectivity index (χ1) is 15.0. The molecule has 0 radical (unpaired) electrons. The van der Waals surface area contributed by atoms with Crippen molar-refractivity contribution in [3.8, 4) is 28.1 Å². The van der Waals surface area contributed by atoms with Gasteiger partial charge in [-0.25, -0.2) is 9.97 Å². The molecule has 4 aromatic rings. The molecule has 0 bridgehead atoms. The van der Waals surface area contributed by atoms with Gasteiger partial charge in [-0.05, 0) is 12.1 Å². The number of benzene rings is 1. The average molecular weight is 545 g/mol. The van der Waals surface area contributed by atoms with Crippen LogP contribution in [-0.2, 0) is 11.2 Å². The van der Waals surface area contributed by atoms with E-state index in [-0.39, 0.29) is 12.3 Å². The van der Waals surface area contributed by atoms with Gasteiger partial charge in [-0.1, -0.05) is 18.2 Å². The van der Waals surface area contributed by atoms with Crippen molar-refractivity contribution in [1.82, 2.24) is 23.8 Å². The Morgan fingerprint density at radius 2 is 2.00 bits per heavy atom. The van der Waals surface area contributed by atoms with Crippen molar-refractivity contribution in [3.63, 3.8) is 0 Å². The number of pyridine rings is 1. The number of halogens is 1. The second-order valence-electron chi connectivity index (χ2n) is 7.09. The molecule has 0 saturated carbocycles. The summed E-state index contributed by atoms with van der Waals surface area (Å²) in [4.78, 5) is 27.2. The number of para-hydroxylation sites is 1. The third kappa shape index (κ3) is 4.38. The van der Waals surface area contributed by atoms with Crippen LogP contribution in [0.15, 0.2) is 55.1 Å². The molecule has 3 aromatic heterocycles. The lowest BCUT2D eigenvalue weighted by atomic mass is 10.0. The molecule has 0 aliphatic rings. The predicted octanol–water partition coefficient (Wildman–Crippen LogP) is 4.65. The fraction of sp³-hybridized carbons (Fsp3) is 0.182. The summed E-state index contributed by atoms with van der Waals surface area (Å²) in [6.45, 7) is 0. The summed E-state index contributed by atoms with van der Waals surface area (Å²) in [5, 5.41) is 0.989. The topological polar surface area (TPSA) is 73.1 Å². The highest BCUT2D eigenvalue weighted by Crippen LogP contribution is 2.39. The van der Waals surface area contributed by atoms with E-state index in [0.717, 1.165) is 33.5 Å². The molecule has 0 aliphatic heterocycles. The van der Waals surface area contributed by atoms with Crippen molar-refractivity contribution in [2.24, 2.45) is 0 Å². The maximum absolute atomic E-state index is 12.1. The molecule has 3 heterocycles. The van der Waals surface area contributed by atoms with Crippen LogP contribution in [0.2, 0.25) is 0 Å². The zero-order valence-electron chi connectivity index (χ0n) is 17.2. The van der Waals surface area contributed by atoms with Gasteiger partial charge >= 0.3 is 0 Å². The largest absolute Gasteiger partial charge is 0.496 e. The van der Waals surface area contributed by atoms with Crippen LogP contribution in [0.3, 0.4) is 0 Å². The number of nitrogens with zero attached hydrogens (tertiary/aromatic N) is 5. The van der Waals surface area contributed by atoms with Gasteiger partial charge in [-0.2, -0.15) is 0 Å². The molecular formula is C22H20IN5O2S. The summed E-state index contributed by atoms with van der Waals surface area (Å²) in [6.07, 6.45) is 7.38. The van der Waals surface area contributed by atoms with E-state index in [1.54, 1.807) is 53.8 Å². The van der Waals surface area contributed by atoms with E-state index in [2.05, 4.69) is 43.4 Å². The minimum Gasteiger partial charge on any atom is -0.496 e. The van der Waals surface area contributed by atoms with Crippen molar-refractivity contribution in [2.45, 2.75) is 6.42 Å². The number of carbonyl (C=O) groups excluding carboxylic acids is 1. The summed E-state index contributed by atoms with van der Waals surface area (Å²) in [5.74, 6) is 0.782. The Balaban J connectivity index is 1.82. The number of likely N-dealkylation sites (N-methyl/N-ethyl adjacent to an activating group) is 1. The normalized spacial score (nSPS) is 11.0. The van der Waals surface area contributed by atoms with Gasteiger partial charge < -0.3 is 9.64 Å². The lowest BCUT2D eigenvalue weighted by Gasteiger charge is -2.10. The van der Waals surface area contributed by atoms with Gasteiger partial charge in [0.15, 0.2) is 5.65 Å². The van der Waals surface area contributed by atoms with Gasteiger partial charge in [0, 0.05) is 85.1 Å². The third-order valence-electron chi connectivity index (χ3n) is 4.89. The SMILES string of the molecule is COc1ccccc1-c1cn(SI)c2ncc(-c3cncc(CC(=O)N(C)C)n3)cc12. The Morgan fingerprint density at radius 1 is 1.19 bits per heavy atom. The Kier molecular flexibility index (Phi) is 6.42. The van der Waals surface area contributed by atoms with Crippen molar-refractivity contribution >= 4 is 47.3 Å². The highest BCUT2D eigenvalue weighted by molar-refractivity contribution is 14.2. The Morgan fingerprint density at radius 3 is 2.74 bits per heavy atom. The predicted molar refractivity (Wildman–Crippen MR) is 132 cm³/mol. The Labute approximate surface area is 196 Å². The van der Waals surface area contributed by atoms with Crippen LogP contribution in [0.5, 0.6) is 5.75 Å². The van der Waals surface area contributed by atoms with Crippen LogP contribution in [0.1, 0.15) is 5.69 Å². The minimum atomic E-state index is -0.0189. The first-order valence-electron chi connectivity index (χ1n) is 9.47. The molecule has 0 spiro atoms. The monoisotopic (exact) mass is 545 g/mol. The molecule has 1 amide bonds. The first-order valence-corrected chi connectivity index (χ1v) is 12.8. The van der Waals surface area contributed by atoms with Gasteiger partial charge in [-0.3, -0.25) is 13.8 Å². The highest BCUT2D eigenvalue weighted by atomic mass is 127. The van der Waals surface area contributed by atoms with Crippen LogP contribution in [0.4, 0.5) is 0 Å². The number of aromatic nitrogens is 4. The van der Waals surface area contributed by atoms with Gasteiger partial charge in [-0.15, -0.1) is 0 Å². The zero-order valence-corrected chi connectivity index (χ0v) is 20.2. The molecule has 0 saturated heterocycles. The lowest BCUT2D eigenvalue weighted by Crippen LogP contribution is -2.24. The Bertz CT molecular complexity index is 1260. The van der Waals surface area contributed by atoms with Crippen molar-refractivity contribution in [1.29, 1.82) is 0 Å². The number of carbonyl (C=O) groups is 1. The van der Waals surface area contributed by atoms with E-state index in [1.807, 2.05) is 28.2 Å². The average Bonchev–Trinajstić information content (AvgIpc) is 3.17. The molecule has 0 N–H and O–H groups in total. The second kappa shape index (κ2) is 9.23. The number of hydrogen-bond donors (Lipinski definition) is 0.